The van der Waals surface area contributed by atoms with E-state index in [0.717, 1.165) is 10.2 Å². The van der Waals surface area contributed by atoms with Crippen LogP contribution in [0.5, 0.6) is 5.75 Å². The van der Waals surface area contributed by atoms with E-state index in [0.29, 0.717) is 0 Å². The number of benzene rings is 2. The van der Waals surface area contributed by atoms with Crippen LogP contribution in [0.1, 0.15) is 27.1 Å². The SMILES string of the molecule is COc1ccc(C(Br)c2cccc(C)c2C)cc1Br. The third-order valence-electron chi connectivity index (χ3n) is 3.39. The van der Waals surface area contributed by atoms with Gasteiger partial charge in [-0.15, -0.1) is 0 Å². The third-order valence-corrected chi connectivity index (χ3v) is 5.03. The summed E-state index contributed by atoms with van der Waals surface area (Å²) in [6.07, 6.45) is 0. The summed E-state index contributed by atoms with van der Waals surface area (Å²) < 4.78 is 6.24. The molecule has 2 aromatic rings. The van der Waals surface area contributed by atoms with Crippen molar-refractivity contribution in [1.29, 1.82) is 0 Å². The van der Waals surface area contributed by atoms with E-state index in [4.69, 9.17) is 4.74 Å². The fourth-order valence-corrected chi connectivity index (χ4v) is 3.41. The molecule has 0 aliphatic rings. The molecular formula is C16H16Br2O. The highest BCUT2D eigenvalue weighted by molar-refractivity contribution is 9.10. The predicted octanol–water partition coefficient (Wildman–Crippen LogP) is 5.56. The maximum Gasteiger partial charge on any atom is 0.133 e. The molecule has 0 fully saturated rings. The topological polar surface area (TPSA) is 9.23 Å². The molecule has 1 atom stereocenters. The van der Waals surface area contributed by atoms with E-state index in [9.17, 15) is 0 Å². The lowest BCUT2D eigenvalue weighted by Gasteiger charge is -2.16. The zero-order chi connectivity index (χ0) is 14.0. The van der Waals surface area contributed by atoms with Crippen LogP contribution >= 0.6 is 31.9 Å². The number of hydrogen-bond acceptors (Lipinski definition) is 1. The molecule has 0 aromatic heterocycles. The fraction of sp³-hybridized carbons (Fsp3) is 0.250. The van der Waals surface area contributed by atoms with Gasteiger partial charge in [0, 0.05) is 0 Å². The molecule has 0 amide bonds. The zero-order valence-corrected chi connectivity index (χ0v) is 14.4. The Bertz CT molecular complexity index is 593. The molecule has 0 bridgehead atoms. The Kier molecular flexibility index (Phi) is 4.69. The molecule has 2 rings (SSSR count). The van der Waals surface area contributed by atoms with Gasteiger partial charge in [-0.25, -0.2) is 0 Å². The number of rotatable bonds is 3. The number of alkyl halides is 1. The normalized spacial score (nSPS) is 12.3. The van der Waals surface area contributed by atoms with Gasteiger partial charge < -0.3 is 4.74 Å². The lowest BCUT2D eigenvalue weighted by Crippen LogP contribution is -1.98. The highest BCUT2D eigenvalue weighted by Gasteiger charge is 2.15. The van der Waals surface area contributed by atoms with Gasteiger partial charge >= 0.3 is 0 Å². The van der Waals surface area contributed by atoms with Crippen molar-refractivity contribution >= 4 is 31.9 Å². The van der Waals surface area contributed by atoms with Crippen LogP contribution in [0, 0.1) is 13.8 Å². The maximum absolute atomic E-state index is 5.27. The highest BCUT2D eigenvalue weighted by Crippen LogP contribution is 2.37. The average Bonchev–Trinajstić information content (AvgIpc) is 2.41. The van der Waals surface area contributed by atoms with E-state index in [1.54, 1.807) is 7.11 Å². The molecule has 0 radical (unpaired) electrons. The second-order valence-electron chi connectivity index (χ2n) is 4.55. The van der Waals surface area contributed by atoms with Crippen LogP contribution in [0.2, 0.25) is 0 Å². The Morgan fingerprint density at radius 1 is 1.11 bits per heavy atom. The first kappa shape index (κ1) is 14.6. The minimum Gasteiger partial charge on any atom is -0.496 e. The number of hydrogen-bond donors (Lipinski definition) is 0. The lowest BCUT2D eigenvalue weighted by atomic mass is 9.97. The smallest absolute Gasteiger partial charge is 0.133 e. The standard InChI is InChI=1S/C16H16Br2O/c1-10-5-4-6-13(11(10)2)16(18)12-7-8-15(19-3)14(17)9-12/h4-9,16H,1-3H3. The molecule has 2 aromatic carbocycles. The molecule has 1 nitrogen and oxygen atoms in total. The largest absolute Gasteiger partial charge is 0.496 e. The fourth-order valence-electron chi connectivity index (χ4n) is 2.07. The van der Waals surface area contributed by atoms with Gasteiger partial charge in [-0.1, -0.05) is 40.2 Å². The van der Waals surface area contributed by atoms with Crippen LogP contribution in [0.25, 0.3) is 0 Å². The second kappa shape index (κ2) is 6.10. The second-order valence-corrected chi connectivity index (χ2v) is 6.32. The monoisotopic (exact) mass is 382 g/mol. The van der Waals surface area contributed by atoms with Gasteiger partial charge in [-0.2, -0.15) is 0 Å². The van der Waals surface area contributed by atoms with E-state index in [1.807, 2.05) is 6.07 Å². The minimum atomic E-state index is 0.189. The van der Waals surface area contributed by atoms with E-state index in [1.165, 1.54) is 22.3 Å². The van der Waals surface area contributed by atoms with Gasteiger partial charge in [0.25, 0.3) is 0 Å². The first-order chi connectivity index (χ1) is 9.04. The molecule has 0 heterocycles. The quantitative estimate of drug-likeness (QED) is 0.630. The third kappa shape index (κ3) is 3.03. The lowest BCUT2D eigenvalue weighted by molar-refractivity contribution is 0.412. The van der Waals surface area contributed by atoms with Gasteiger partial charge in [-0.05, 0) is 64.2 Å². The summed E-state index contributed by atoms with van der Waals surface area (Å²) in [7, 11) is 1.68. The summed E-state index contributed by atoms with van der Waals surface area (Å²) >= 11 is 7.33. The number of methoxy groups -OCH3 is 1. The maximum atomic E-state index is 5.27. The van der Waals surface area contributed by atoms with Crippen molar-refractivity contribution in [2.75, 3.05) is 7.11 Å². The van der Waals surface area contributed by atoms with Gasteiger partial charge in [0.15, 0.2) is 0 Å². The number of ether oxygens (including phenoxy) is 1. The molecular weight excluding hydrogens is 368 g/mol. The van der Waals surface area contributed by atoms with Gasteiger partial charge in [0.05, 0.1) is 16.4 Å². The van der Waals surface area contributed by atoms with Crippen molar-refractivity contribution < 1.29 is 4.74 Å². The van der Waals surface area contributed by atoms with Crippen LogP contribution in [0.4, 0.5) is 0 Å². The summed E-state index contributed by atoms with van der Waals surface area (Å²) in [4.78, 5) is 0.189. The Labute approximate surface area is 131 Å². The first-order valence-electron chi connectivity index (χ1n) is 6.08. The van der Waals surface area contributed by atoms with Crippen molar-refractivity contribution in [3.8, 4) is 5.75 Å². The van der Waals surface area contributed by atoms with Crippen molar-refractivity contribution in [3.05, 3.63) is 63.1 Å². The molecule has 0 saturated carbocycles. The molecule has 3 heteroatoms. The summed E-state index contributed by atoms with van der Waals surface area (Å²) in [6, 6.07) is 12.6. The number of aryl methyl sites for hydroxylation is 1. The summed E-state index contributed by atoms with van der Waals surface area (Å²) in [5.74, 6) is 0.851. The molecule has 1 unspecified atom stereocenters. The van der Waals surface area contributed by atoms with Crippen LogP contribution in [-0.4, -0.2) is 7.11 Å². The summed E-state index contributed by atoms with van der Waals surface area (Å²) in [5.41, 5.74) is 5.16. The van der Waals surface area contributed by atoms with Crippen LogP contribution < -0.4 is 4.74 Å². The Morgan fingerprint density at radius 3 is 2.47 bits per heavy atom. The molecule has 0 spiro atoms. The average molecular weight is 384 g/mol. The van der Waals surface area contributed by atoms with Gasteiger partial charge in [-0.3, -0.25) is 0 Å². The van der Waals surface area contributed by atoms with Crippen molar-refractivity contribution in [1.82, 2.24) is 0 Å². The van der Waals surface area contributed by atoms with Gasteiger partial charge in [0.2, 0.25) is 0 Å². The van der Waals surface area contributed by atoms with E-state index < -0.39 is 0 Å². The van der Waals surface area contributed by atoms with Crippen molar-refractivity contribution in [3.63, 3.8) is 0 Å². The first-order valence-corrected chi connectivity index (χ1v) is 7.79. The van der Waals surface area contributed by atoms with E-state index >= 15 is 0 Å². The van der Waals surface area contributed by atoms with E-state index in [2.05, 4.69) is 76.0 Å². The molecule has 100 valence electrons. The zero-order valence-electron chi connectivity index (χ0n) is 11.2. The Hall–Kier alpha value is -0.800. The molecule has 0 saturated heterocycles. The number of halogens is 2. The van der Waals surface area contributed by atoms with Crippen LogP contribution in [0.15, 0.2) is 40.9 Å². The van der Waals surface area contributed by atoms with Crippen LogP contribution in [0.3, 0.4) is 0 Å². The molecule has 0 aliphatic carbocycles. The van der Waals surface area contributed by atoms with E-state index in [-0.39, 0.29) is 4.83 Å². The Morgan fingerprint density at radius 2 is 1.84 bits per heavy atom. The summed E-state index contributed by atoms with van der Waals surface area (Å²) in [6.45, 7) is 4.31. The minimum absolute atomic E-state index is 0.189. The van der Waals surface area contributed by atoms with Gasteiger partial charge in [0.1, 0.15) is 5.75 Å². The predicted molar refractivity (Wildman–Crippen MR) is 87.4 cm³/mol. The highest BCUT2D eigenvalue weighted by atomic mass is 79.9. The van der Waals surface area contributed by atoms with Crippen molar-refractivity contribution in [2.45, 2.75) is 18.7 Å². The Balaban J connectivity index is 2.41. The molecule has 0 aliphatic heterocycles. The van der Waals surface area contributed by atoms with Crippen LogP contribution in [-0.2, 0) is 0 Å². The molecule has 19 heavy (non-hydrogen) atoms. The molecule has 0 N–H and O–H groups in total. The van der Waals surface area contributed by atoms with Crippen molar-refractivity contribution in [2.24, 2.45) is 0 Å². The summed E-state index contributed by atoms with van der Waals surface area (Å²) in [5, 5.41) is 0.